The highest BCUT2D eigenvalue weighted by Crippen LogP contribution is 2.38. The van der Waals surface area contributed by atoms with Crippen LogP contribution in [0.25, 0.3) is 0 Å². The minimum absolute atomic E-state index is 0.0812. The number of aromatic nitrogens is 2. The Morgan fingerprint density at radius 1 is 1.10 bits per heavy atom. The zero-order valence-corrected chi connectivity index (χ0v) is 17.2. The van der Waals surface area contributed by atoms with Crippen molar-refractivity contribution < 1.29 is 39.9 Å². The first kappa shape index (κ1) is 22.8. The number of benzene rings is 1. The van der Waals surface area contributed by atoms with Gasteiger partial charge in [-0.1, -0.05) is 0 Å². The van der Waals surface area contributed by atoms with Crippen molar-refractivity contribution >= 4 is 27.5 Å². The van der Waals surface area contributed by atoms with Crippen molar-refractivity contribution in [2.24, 2.45) is 0 Å². The van der Waals surface area contributed by atoms with Crippen LogP contribution in [-0.4, -0.2) is 15.7 Å². The largest absolute Gasteiger partial charge is 0.454 e. The molecule has 3 rings (SSSR count). The molecule has 166 valence electrons. The maximum absolute atomic E-state index is 13.9. The van der Waals surface area contributed by atoms with Gasteiger partial charge in [0.1, 0.15) is 17.0 Å². The van der Waals surface area contributed by atoms with Crippen molar-refractivity contribution in [2.75, 3.05) is 5.32 Å². The quantitative estimate of drug-likeness (QED) is 0.358. The van der Waals surface area contributed by atoms with E-state index in [1.165, 1.54) is 11.4 Å². The van der Waals surface area contributed by atoms with E-state index < -0.39 is 52.4 Å². The standard InChI is InChI=1S/C18H11BrF7N3O2/c1-6-11(19)7(2)29(28-6)5-8-3-4-9(31-8)17(30)27-16-14(22)12(20)10(18(24,25)26)13(21)15(16)23/h3-4H,5H2,1-2H3,(H,27,30). The maximum atomic E-state index is 13.9. The summed E-state index contributed by atoms with van der Waals surface area (Å²) in [5.74, 6) is -11.8. The van der Waals surface area contributed by atoms with Crippen LogP contribution in [0.15, 0.2) is 21.0 Å². The maximum Gasteiger partial charge on any atom is 0.422 e. The second-order valence-corrected chi connectivity index (χ2v) is 7.16. The molecule has 0 spiro atoms. The second-order valence-electron chi connectivity index (χ2n) is 6.37. The fourth-order valence-electron chi connectivity index (χ4n) is 2.73. The smallest absolute Gasteiger partial charge is 0.422 e. The number of carbonyl (C=O) groups excluding carboxylic acids is 1. The molecule has 0 unspecified atom stereocenters. The average Bonchev–Trinajstić information content (AvgIpc) is 3.24. The van der Waals surface area contributed by atoms with Gasteiger partial charge in [0.05, 0.1) is 22.4 Å². The summed E-state index contributed by atoms with van der Waals surface area (Å²) >= 11 is 3.34. The molecule has 0 saturated heterocycles. The van der Waals surface area contributed by atoms with E-state index >= 15 is 0 Å². The molecular weight excluding hydrogens is 503 g/mol. The van der Waals surface area contributed by atoms with Gasteiger partial charge in [0.25, 0.3) is 5.91 Å². The van der Waals surface area contributed by atoms with Crippen molar-refractivity contribution in [1.82, 2.24) is 9.78 Å². The average molecular weight is 514 g/mol. The molecule has 0 radical (unpaired) electrons. The van der Waals surface area contributed by atoms with E-state index in [9.17, 15) is 35.5 Å². The molecule has 0 aliphatic carbocycles. The highest BCUT2D eigenvalue weighted by atomic mass is 79.9. The third kappa shape index (κ3) is 4.18. The molecule has 2 aromatic heterocycles. The van der Waals surface area contributed by atoms with Crippen LogP contribution in [0, 0.1) is 37.1 Å². The molecule has 31 heavy (non-hydrogen) atoms. The Labute approximate surface area is 178 Å². The lowest BCUT2D eigenvalue weighted by molar-refractivity contribution is -0.143. The van der Waals surface area contributed by atoms with Crippen LogP contribution in [0.3, 0.4) is 0 Å². The topological polar surface area (TPSA) is 60.1 Å². The van der Waals surface area contributed by atoms with Gasteiger partial charge in [-0.3, -0.25) is 9.48 Å². The van der Waals surface area contributed by atoms with Gasteiger partial charge < -0.3 is 9.73 Å². The van der Waals surface area contributed by atoms with E-state index in [0.29, 0.717) is 5.69 Å². The summed E-state index contributed by atoms with van der Waals surface area (Å²) in [4.78, 5) is 12.2. The molecular formula is C18H11BrF7N3O2. The zero-order valence-electron chi connectivity index (χ0n) is 15.6. The number of amides is 1. The number of hydrogen-bond acceptors (Lipinski definition) is 3. The molecule has 5 nitrogen and oxygen atoms in total. The summed E-state index contributed by atoms with van der Waals surface area (Å²) in [6.07, 6.45) is -5.69. The first-order chi connectivity index (χ1) is 14.3. The fraction of sp³-hybridized carbons (Fsp3) is 0.222. The highest BCUT2D eigenvalue weighted by molar-refractivity contribution is 9.10. The Morgan fingerprint density at radius 3 is 2.16 bits per heavy atom. The van der Waals surface area contributed by atoms with E-state index in [1.54, 1.807) is 18.5 Å². The summed E-state index contributed by atoms with van der Waals surface area (Å²) in [5, 5.41) is 5.73. The number of carbonyl (C=O) groups is 1. The molecule has 1 N–H and O–H groups in total. The summed E-state index contributed by atoms with van der Waals surface area (Å²) in [5.41, 5.74) is -3.01. The highest BCUT2D eigenvalue weighted by Gasteiger charge is 2.42. The summed E-state index contributed by atoms with van der Waals surface area (Å²) < 4.78 is 101. The zero-order chi connectivity index (χ0) is 23.2. The fourth-order valence-corrected chi connectivity index (χ4v) is 3.01. The van der Waals surface area contributed by atoms with Gasteiger partial charge in [-0.2, -0.15) is 18.3 Å². The minimum atomic E-state index is -5.69. The number of alkyl halides is 3. The van der Waals surface area contributed by atoms with E-state index in [2.05, 4.69) is 21.0 Å². The van der Waals surface area contributed by atoms with Crippen LogP contribution in [0.5, 0.6) is 0 Å². The van der Waals surface area contributed by atoms with Crippen molar-refractivity contribution in [3.63, 3.8) is 0 Å². The number of hydrogen-bond donors (Lipinski definition) is 1. The third-order valence-corrected chi connectivity index (χ3v) is 5.42. The lowest BCUT2D eigenvalue weighted by Crippen LogP contribution is -2.20. The van der Waals surface area contributed by atoms with E-state index in [-0.39, 0.29) is 12.3 Å². The number of nitrogens with zero attached hydrogens (tertiary/aromatic N) is 2. The second kappa shape index (κ2) is 8.02. The minimum Gasteiger partial charge on any atom is -0.454 e. The van der Waals surface area contributed by atoms with Gasteiger partial charge in [0, 0.05) is 0 Å². The lowest BCUT2D eigenvalue weighted by atomic mass is 10.1. The Morgan fingerprint density at radius 2 is 1.68 bits per heavy atom. The van der Waals surface area contributed by atoms with Gasteiger partial charge in [0.15, 0.2) is 29.0 Å². The van der Waals surface area contributed by atoms with Crippen LogP contribution < -0.4 is 5.32 Å². The predicted molar refractivity (Wildman–Crippen MR) is 96.4 cm³/mol. The van der Waals surface area contributed by atoms with Gasteiger partial charge >= 0.3 is 6.18 Å². The normalized spacial score (nSPS) is 11.8. The summed E-state index contributed by atoms with van der Waals surface area (Å²) in [7, 11) is 0. The summed E-state index contributed by atoms with van der Waals surface area (Å²) in [6, 6.07) is 2.46. The monoisotopic (exact) mass is 513 g/mol. The molecule has 3 aromatic rings. The number of nitrogens with one attached hydrogen (secondary N) is 1. The first-order valence-electron chi connectivity index (χ1n) is 8.35. The molecule has 0 atom stereocenters. The Hall–Kier alpha value is -2.83. The van der Waals surface area contributed by atoms with Crippen LogP contribution in [0.4, 0.5) is 36.4 Å². The molecule has 0 bridgehead atoms. The SMILES string of the molecule is Cc1nn(Cc2ccc(C(=O)Nc3c(F)c(F)c(C(F)(F)F)c(F)c3F)o2)c(C)c1Br. The Kier molecular flexibility index (Phi) is 5.91. The molecule has 0 saturated carbocycles. The number of halogens is 8. The van der Waals surface area contributed by atoms with Crippen LogP contribution >= 0.6 is 15.9 Å². The Bertz CT molecular complexity index is 1160. The van der Waals surface area contributed by atoms with Crippen molar-refractivity contribution in [1.29, 1.82) is 0 Å². The number of aryl methyl sites for hydroxylation is 1. The van der Waals surface area contributed by atoms with Crippen LogP contribution in [0.1, 0.15) is 33.3 Å². The molecule has 0 aliphatic heterocycles. The molecule has 0 fully saturated rings. The van der Waals surface area contributed by atoms with Crippen molar-refractivity contribution in [3.05, 3.63) is 68.3 Å². The number of rotatable bonds is 4. The van der Waals surface area contributed by atoms with Crippen molar-refractivity contribution in [3.8, 4) is 0 Å². The third-order valence-electron chi connectivity index (χ3n) is 4.27. The van der Waals surface area contributed by atoms with Gasteiger partial charge in [0.2, 0.25) is 0 Å². The van der Waals surface area contributed by atoms with Crippen molar-refractivity contribution in [2.45, 2.75) is 26.6 Å². The van der Waals surface area contributed by atoms with Gasteiger partial charge in [-0.15, -0.1) is 0 Å². The molecule has 1 aromatic carbocycles. The summed E-state index contributed by atoms with van der Waals surface area (Å²) in [6.45, 7) is 3.59. The van der Waals surface area contributed by atoms with E-state index in [0.717, 1.165) is 16.2 Å². The molecule has 1 amide bonds. The molecule has 13 heteroatoms. The lowest BCUT2D eigenvalue weighted by Gasteiger charge is -2.14. The first-order valence-corrected chi connectivity index (χ1v) is 9.14. The van der Waals surface area contributed by atoms with E-state index in [4.69, 9.17) is 4.42 Å². The van der Waals surface area contributed by atoms with Crippen LogP contribution in [0.2, 0.25) is 0 Å². The number of furan rings is 1. The predicted octanol–water partition coefficient (Wildman–Crippen LogP) is 5.73. The Balaban J connectivity index is 1.87. The molecule has 2 heterocycles. The van der Waals surface area contributed by atoms with Gasteiger partial charge in [-0.05, 0) is 41.9 Å². The van der Waals surface area contributed by atoms with Gasteiger partial charge in [-0.25, -0.2) is 17.6 Å². The van der Waals surface area contributed by atoms with E-state index in [1.807, 2.05) is 0 Å². The van der Waals surface area contributed by atoms with Crippen LogP contribution in [-0.2, 0) is 12.7 Å². The number of anilines is 1. The molecule has 0 aliphatic rings.